The van der Waals surface area contributed by atoms with E-state index in [2.05, 4.69) is 29.3 Å². The van der Waals surface area contributed by atoms with Gasteiger partial charge in [0, 0.05) is 35.9 Å². The second-order valence-corrected chi connectivity index (χ2v) is 6.66. The number of anilines is 2. The van der Waals surface area contributed by atoms with Crippen molar-refractivity contribution in [2.75, 3.05) is 23.3 Å². The van der Waals surface area contributed by atoms with E-state index in [9.17, 15) is 4.79 Å². The number of hydrogen-bond acceptors (Lipinski definition) is 3. The Labute approximate surface area is 146 Å². The van der Waals surface area contributed by atoms with Crippen LogP contribution < -0.4 is 15.0 Å². The summed E-state index contributed by atoms with van der Waals surface area (Å²) in [6.45, 7) is 4.17. The zero-order valence-corrected chi connectivity index (χ0v) is 14.3. The highest BCUT2D eigenvalue weighted by Gasteiger charge is 2.29. The van der Waals surface area contributed by atoms with Gasteiger partial charge in [0.2, 0.25) is 0 Å². The lowest BCUT2D eigenvalue weighted by Crippen LogP contribution is -2.31. The molecule has 0 bridgehead atoms. The van der Waals surface area contributed by atoms with Crippen molar-refractivity contribution in [3.63, 3.8) is 0 Å². The molecule has 0 spiro atoms. The van der Waals surface area contributed by atoms with Crippen LogP contribution in [0.4, 0.5) is 11.4 Å². The van der Waals surface area contributed by atoms with E-state index in [1.54, 1.807) is 6.07 Å². The number of nitrogens with one attached hydrogen (secondary N) is 1. The largest absolute Gasteiger partial charge is 0.480 e. The predicted octanol–water partition coefficient (Wildman–Crippen LogP) is 3.66. The first-order valence-electron chi connectivity index (χ1n) is 8.28. The SMILES string of the molecule is CCN1CCc2ccc(NC(=O)C3Cc4cc(Cl)ccc4O3)cc21. The van der Waals surface area contributed by atoms with Crippen LogP contribution in [0.3, 0.4) is 0 Å². The fourth-order valence-electron chi connectivity index (χ4n) is 3.44. The van der Waals surface area contributed by atoms with Gasteiger partial charge in [0.25, 0.3) is 5.91 Å². The predicted molar refractivity (Wildman–Crippen MR) is 96.2 cm³/mol. The van der Waals surface area contributed by atoms with Crippen LogP contribution in [0.5, 0.6) is 5.75 Å². The molecule has 2 aromatic rings. The number of carbonyl (C=O) groups excluding carboxylic acids is 1. The molecule has 4 rings (SSSR count). The van der Waals surface area contributed by atoms with Crippen LogP contribution >= 0.6 is 11.6 Å². The third kappa shape index (κ3) is 2.71. The zero-order chi connectivity index (χ0) is 16.7. The maximum Gasteiger partial charge on any atom is 0.265 e. The summed E-state index contributed by atoms with van der Waals surface area (Å²) >= 11 is 6.00. The van der Waals surface area contributed by atoms with Crippen molar-refractivity contribution in [3.05, 3.63) is 52.5 Å². The molecule has 1 amide bonds. The van der Waals surface area contributed by atoms with Crippen LogP contribution in [-0.2, 0) is 17.6 Å². The Bertz CT molecular complexity index is 806. The minimum Gasteiger partial charge on any atom is -0.480 e. The van der Waals surface area contributed by atoms with Gasteiger partial charge in [-0.25, -0.2) is 0 Å². The lowest BCUT2D eigenvalue weighted by atomic mass is 10.1. The van der Waals surface area contributed by atoms with E-state index in [1.165, 1.54) is 11.3 Å². The van der Waals surface area contributed by atoms with Crippen LogP contribution in [0.1, 0.15) is 18.1 Å². The summed E-state index contributed by atoms with van der Waals surface area (Å²) in [5.41, 5.74) is 4.36. The van der Waals surface area contributed by atoms with Crippen molar-refractivity contribution < 1.29 is 9.53 Å². The van der Waals surface area contributed by atoms with Crippen LogP contribution in [0, 0.1) is 0 Å². The van der Waals surface area contributed by atoms with E-state index in [0.717, 1.165) is 36.5 Å². The Morgan fingerprint density at radius 2 is 2.17 bits per heavy atom. The molecule has 2 heterocycles. The van der Waals surface area contributed by atoms with Gasteiger partial charge in [0.15, 0.2) is 6.10 Å². The van der Waals surface area contributed by atoms with Crippen molar-refractivity contribution >= 4 is 28.9 Å². The van der Waals surface area contributed by atoms with E-state index >= 15 is 0 Å². The van der Waals surface area contributed by atoms with E-state index < -0.39 is 6.10 Å². The summed E-state index contributed by atoms with van der Waals surface area (Å²) in [7, 11) is 0. The first kappa shape index (κ1) is 15.3. The van der Waals surface area contributed by atoms with Crippen LogP contribution in [0.2, 0.25) is 5.02 Å². The Balaban J connectivity index is 1.48. The Kier molecular flexibility index (Phi) is 3.85. The molecule has 0 aliphatic carbocycles. The number of nitrogens with zero attached hydrogens (tertiary/aromatic N) is 1. The molecule has 4 nitrogen and oxygen atoms in total. The number of amides is 1. The number of rotatable bonds is 3. The topological polar surface area (TPSA) is 41.6 Å². The van der Waals surface area contributed by atoms with Crippen molar-refractivity contribution in [1.29, 1.82) is 0 Å². The van der Waals surface area contributed by atoms with Crippen molar-refractivity contribution in [2.24, 2.45) is 0 Å². The standard InChI is InChI=1S/C19H19ClN2O2/c1-2-22-8-7-12-3-5-15(11-16(12)22)21-19(23)18-10-13-9-14(20)4-6-17(13)24-18/h3-6,9,11,18H,2,7-8,10H2,1H3,(H,21,23). The zero-order valence-electron chi connectivity index (χ0n) is 13.5. The normalized spacial score (nSPS) is 18.1. The minimum atomic E-state index is -0.506. The van der Waals surface area contributed by atoms with Gasteiger partial charge in [-0.1, -0.05) is 17.7 Å². The van der Waals surface area contributed by atoms with E-state index in [4.69, 9.17) is 16.3 Å². The molecular formula is C19H19ClN2O2. The Morgan fingerprint density at radius 3 is 3.00 bits per heavy atom. The third-order valence-electron chi connectivity index (χ3n) is 4.72. The summed E-state index contributed by atoms with van der Waals surface area (Å²) in [5, 5.41) is 3.65. The van der Waals surface area contributed by atoms with Crippen LogP contribution in [0.25, 0.3) is 0 Å². The molecule has 2 aliphatic heterocycles. The highest BCUT2D eigenvalue weighted by atomic mass is 35.5. The summed E-state index contributed by atoms with van der Waals surface area (Å²) in [5.74, 6) is 0.619. The highest BCUT2D eigenvalue weighted by Crippen LogP contribution is 2.33. The lowest BCUT2D eigenvalue weighted by Gasteiger charge is -2.18. The molecule has 0 fully saturated rings. The molecule has 24 heavy (non-hydrogen) atoms. The third-order valence-corrected chi connectivity index (χ3v) is 4.95. The number of likely N-dealkylation sites (N-methyl/N-ethyl adjacent to an activating group) is 1. The van der Waals surface area contributed by atoms with E-state index in [-0.39, 0.29) is 5.91 Å². The number of halogens is 1. The maximum atomic E-state index is 12.5. The summed E-state index contributed by atoms with van der Waals surface area (Å²) < 4.78 is 5.75. The summed E-state index contributed by atoms with van der Waals surface area (Å²) in [4.78, 5) is 14.9. The second kappa shape index (κ2) is 6.02. The molecule has 0 saturated carbocycles. The smallest absolute Gasteiger partial charge is 0.265 e. The first-order valence-corrected chi connectivity index (χ1v) is 8.65. The van der Waals surface area contributed by atoms with Gasteiger partial charge in [0.05, 0.1) is 0 Å². The molecule has 0 radical (unpaired) electrons. The monoisotopic (exact) mass is 342 g/mol. The van der Waals surface area contributed by atoms with E-state index in [0.29, 0.717) is 11.4 Å². The van der Waals surface area contributed by atoms with Gasteiger partial charge in [-0.3, -0.25) is 4.79 Å². The number of hydrogen-bond donors (Lipinski definition) is 1. The molecule has 2 aromatic carbocycles. The fourth-order valence-corrected chi connectivity index (χ4v) is 3.63. The second-order valence-electron chi connectivity index (χ2n) is 6.23. The molecule has 1 unspecified atom stereocenters. The molecule has 2 aliphatic rings. The highest BCUT2D eigenvalue weighted by molar-refractivity contribution is 6.30. The molecule has 5 heteroatoms. The average molecular weight is 343 g/mol. The van der Waals surface area contributed by atoms with E-state index in [1.807, 2.05) is 18.2 Å². The van der Waals surface area contributed by atoms with Gasteiger partial charge in [-0.15, -0.1) is 0 Å². The van der Waals surface area contributed by atoms with Gasteiger partial charge >= 0.3 is 0 Å². The van der Waals surface area contributed by atoms with Crippen LogP contribution in [-0.4, -0.2) is 25.1 Å². The molecule has 0 aromatic heterocycles. The Morgan fingerprint density at radius 1 is 1.29 bits per heavy atom. The molecule has 1 atom stereocenters. The van der Waals surface area contributed by atoms with Gasteiger partial charge in [-0.05, 0) is 54.8 Å². The summed E-state index contributed by atoms with van der Waals surface area (Å²) in [6, 6.07) is 11.6. The quantitative estimate of drug-likeness (QED) is 0.925. The Hall–Kier alpha value is -2.20. The van der Waals surface area contributed by atoms with Gasteiger partial charge in [-0.2, -0.15) is 0 Å². The molecular weight excluding hydrogens is 324 g/mol. The van der Waals surface area contributed by atoms with Gasteiger partial charge < -0.3 is 15.0 Å². The fraction of sp³-hybridized carbons (Fsp3) is 0.316. The van der Waals surface area contributed by atoms with Crippen LogP contribution in [0.15, 0.2) is 36.4 Å². The number of carbonyl (C=O) groups is 1. The van der Waals surface area contributed by atoms with Gasteiger partial charge in [0.1, 0.15) is 5.75 Å². The first-order chi connectivity index (χ1) is 11.6. The lowest BCUT2D eigenvalue weighted by molar-refractivity contribution is -0.122. The average Bonchev–Trinajstić information content (AvgIpc) is 3.17. The minimum absolute atomic E-state index is 0.122. The van der Waals surface area contributed by atoms with Crippen molar-refractivity contribution in [1.82, 2.24) is 0 Å². The van der Waals surface area contributed by atoms with Crippen molar-refractivity contribution in [3.8, 4) is 5.75 Å². The number of fused-ring (bicyclic) bond motifs is 2. The number of ether oxygens (including phenoxy) is 1. The number of benzene rings is 2. The van der Waals surface area contributed by atoms with Crippen molar-refractivity contribution in [2.45, 2.75) is 25.9 Å². The maximum absolute atomic E-state index is 12.5. The molecule has 1 N–H and O–H groups in total. The molecule has 124 valence electrons. The molecule has 0 saturated heterocycles. The summed E-state index contributed by atoms with van der Waals surface area (Å²) in [6.07, 6.45) is 1.11.